The van der Waals surface area contributed by atoms with E-state index in [9.17, 15) is 9.90 Å². The van der Waals surface area contributed by atoms with E-state index < -0.39 is 0 Å². The van der Waals surface area contributed by atoms with Crippen molar-refractivity contribution >= 4 is 12.0 Å². The molecule has 92 valence electrons. The van der Waals surface area contributed by atoms with Crippen molar-refractivity contribution in [2.45, 2.75) is 6.42 Å². The van der Waals surface area contributed by atoms with E-state index in [0.29, 0.717) is 11.8 Å². The van der Waals surface area contributed by atoms with E-state index in [4.69, 9.17) is 0 Å². The van der Waals surface area contributed by atoms with E-state index >= 15 is 0 Å². The Morgan fingerprint density at radius 3 is 2.56 bits per heavy atom. The smallest absolute Gasteiger partial charge is 0.153 e. The normalized spacial score (nSPS) is 10.0. The lowest BCUT2D eigenvalue weighted by Crippen LogP contribution is -2.04. The van der Waals surface area contributed by atoms with Crippen LogP contribution in [-0.2, 0) is 6.42 Å². The van der Waals surface area contributed by atoms with Gasteiger partial charge < -0.3 is 10.4 Å². The molecule has 0 aliphatic carbocycles. The molecule has 2 aromatic rings. The van der Waals surface area contributed by atoms with Crippen LogP contribution in [0.15, 0.2) is 48.5 Å². The monoisotopic (exact) mass is 241 g/mol. The Bertz CT molecular complexity index is 523. The molecule has 0 saturated heterocycles. The van der Waals surface area contributed by atoms with Crippen molar-refractivity contribution in [3.8, 4) is 5.75 Å². The van der Waals surface area contributed by atoms with E-state index in [-0.39, 0.29) is 5.75 Å². The largest absolute Gasteiger partial charge is 0.507 e. The van der Waals surface area contributed by atoms with Crippen LogP contribution >= 0.6 is 0 Å². The van der Waals surface area contributed by atoms with Crippen LogP contribution < -0.4 is 5.32 Å². The van der Waals surface area contributed by atoms with E-state index in [1.807, 2.05) is 18.2 Å². The number of anilines is 1. The van der Waals surface area contributed by atoms with Crippen LogP contribution in [0.4, 0.5) is 5.69 Å². The highest BCUT2D eigenvalue weighted by molar-refractivity contribution is 5.80. The summed E-state index contributed by atoms with van der Waals surface area (Å²) in [5, 5.41) is 12.7. The molecular weight excluding hydrogens is 226 g/mol. The molecule has 0 spiro atoms. The lowest BCUT2D eigenvalue weighted by Gasteiger charge is -2.07. The second-order valence-corrected chi connectivity index (χ2v) is 4.05. The summed E-state index contributed by atoms with van der Waals surface area (Å²) in [6.45, 7) is 0.782. The first-order valence-electron chi connectivity index (χ1n) is 5.85. The number of aldehydes is 1. The van der Waals surface area contributed by atoms with Gasteiger partial charge in [0.1, 0.15) is 5.75 Å². The van der Waals surface area contributed by atoms with Crippen LogP contribution in [0.1, 0.15) is 15.9 Å². The van der Waals surface area contributed by atoms with Gasteiger partial charge in [-0.2, -0.15) is 0 Å². The van der Waals surface area contributed by atoms with Gasteiger partial charge in [0.15, 0.2) is 6.29 Å². The second-order valence-electron chi connectivity index (χ2n) is 4.05. The highest BCUT2D eigenvalue weighted by atomic mass is 16.3. The minimum absolute atomic E-state index is 0.00899. The van der Waals surface area contributed by atoms with Crippen LogP contribution in [0.25, 0.3) is 0 Å². The van der Waals surface area contributed by atoms with Gasteiger partial charge >= 0.3 is 0 Å². The molecule has 2 N–H and O–H groups in total. The van der Waals surface area contributed by atoms with E-state index in [0.717, 1.165) is 18.7 Å². The van der Waals surface area contributed by atoms with Gasteiger partial charge in [0.25, 0.3) is 0 Å². The molecule has 3 nitrogen and oxygen atoms in total. The molecule has 0 aliphatic rings. The average Bonchev–Trinajstić information content (AvgIpc) is 2.40. The Kier molecular flexibility index (Phi) is 3.97. The van der Waals surface area contributed by atoms with Crippen molar-refractivity contribution in [3.05, 3.63) is 59.7 Å². The maximum absolute atomic E-state index is 10.6. The third-order valence-electron chi connectivity index (χ3n) is 2.74. The summed E-state index contributed by atoms with van der Waals surface area (Å²) >= 11 is 0. The number of aromatic hydroxyl groups is 1. The Balaban J connectivity index is 1.91. The highest BCUT2D eigenvalue weighted by Gasteiger charge is 2.00. The quantitative estimate of drug-likeness (QED) is 0.791. The average molecular weight is 241 g/mol. The Morgan fingerprint density at radius 2 is 1.89 bits per heavy atom. The maximum atomic E-state index is 10.6. The lowest BCUT2D eigenvalue weighted by molar-refractivity contribution is 0.112. The van der Waals surface area contributed by atoms with E-state index in [1.165, 1.54) is 5.56 Å². The summed E-state index contributed by atoms with van der Waals surface area (Å²) in [5.41, 5.74) is 2.39. The van der Waals surface area contributed by atoms with Crippen molar-refractivity contribution in [2.24, 2.45) is 0 Å². The van der Waals surface area contributed by atoms with Crippen LogP contribution in [0, 0.1) is 0 Å². The number of nitrogens with one attached hydrogen (secondary N) is 1. The molecular formula is C15H15NO2. The predicted octanol–water partition coefficient (Wildman–Crippen LogP) is 2.86. The van der Waals surface area contributed by atoms with Crippen molar-refractivity contribution in [1.82, 2.24) is 0 Å². The number of phenolic OH excluding ortho intramolecular Hbond substituents is 1. The van der Waals surface area contributed by atoms with Crippen molar-refractivity contribution < 1.29 is 9.90 Å². The number of benzene rings is 2. The van der Waals surface area contributed by atoms with Gasteiger partial charge in [-0.15, -0.1) is 0 Å². The van der Waals surface area contributed by atoms with Gasteiger partial charge in [0.05, 0.1) is 5.56 Å². The fraction of sp³-hybridized carbons (Fsp3) is 0.133. The van der Waals surface area contributed by atoms with Crippen molar-refractivity contribution in [2.75, 3.05) is 11.9 Å². The summed E-state index contributed by atoms with van der Waals surface area (Å²) in [4.78, 5) is 10.6. The van der Waals surface area contributed by atoms with Crippen molar-refractivity contribution in [1.29, 1.82) is 0 Å². The lowest BCUT2D eigenvalue weighted by atomic mass is 10.1. The van der Waals surface area contributed by atoms with Gasteiger partial charge in [-0.3, -0.25) is 4.79 Å². The zero-order valence-electron chi connectivity index (χ0n) is 9.97. The summed E-state index contributed by atoms with van der Waals surface area (Å²) in [5.74, 6) is 0.00899. The van der Waals surface area contributed by atoms with Gasteiger partial charge in [0.2, 0.25) is 0 Å². The molecule has 0 amide bonds. The number of hydrogen-bond acceptors (Lipinski definition) is 3. The van der Waals surface area contributed by atoms with E-state index in [1.54, 1.807) is 18.2 Å². The van der Waals surface area contributed by atoms with Crippen LogP contribution in [0.3, 0.4) is 0 Å². The summed E-state index contributed by atoms with van der Waals surface area (Å²) in [6.07, 6.45) is 1.56. The van der Waals surface area contributed by atoms with Crippen LogP contribution in [-0.4, -0.2) is 17.9 Å². The fourth-order valence-corrected chi connectivity index (χ4v) is 1.75. The van der Waals surface area contributed by atoms with Crippen LogP contribution in [0.5, 0.6) is 5.75 Å². The Hall–Kier alpha value is -2.29. The molecule has 0 atom stereocenters. The molecule has 0 radical (unpaired) electrons. The van der Waals surface area contributed by atoms with Crippen molar-refractivity contribution in [3.63, 3.8) is 0 Å². The second kappa shape index (κ2) is 5.87. The number of carbonyl (C=O) groups is 1. The molecule has 0 fully saturated rings. The minimum Gasteiger partial charge on any atom is -0.507 e. The summed E-state index contributed by atoms with van der Waals surface area (Å²) < 4.78 is 0. The molecule has 2 aromatic carbocycles. The molecule has 0 bridgehead atoms. The number of rotatable bonds is 5. The first-order valence-corrected chi connectivity index (χ1v) is 5.85. The molecule has 0 saturated carbocycles. The molecule has 18 heavy (non-hydrogen) atoms. The molecule has 3 heteroatoms. The predicted molar refractivity (Wildman–Crippen MR) is 72.1 cm³/mol. The van der Waals surface area contributed by atoms with Gasteiger partial charge in [-0.05, 0) is 24.1 Å². The first-order chi connectivity index (χ1) is 8.79. The fourth-order valence-electron chi connectivity index (χ4n) is 1.75. The Labute approximate surface area is 106 Å². The standard InChI is InChI=1S/C15H15NO2/c17-11-13-6-7-14(10-15(13)18)16-9-8-12-4-2-1-3-5-12/h1-7,10-11,16,18H,8-9H2. The molecule has 2 rings (SSSR count). The first kappa shape index (κ1) is 12.2. The van der Waals surface area contributed by atoms with E-state index in [2.05, 4.69) is 17.4 Å². The third-order valence-corrected chi connectivity index (χ3v) is 2.74. The zero-order chi connectivity index (χ0) is 12.8. The highest BCUT2D eigenvalue weighted by Crippen LogP contribution is 2.20. The topological polar surface area (TPSA) is 49.3 Å². The molecule has 0 aromatic heterocycles. The Morgan fingerprint density at radius 1 is 1.11 bits per heavy atom. The molecule has 0 heterocycles. The number of hydrogen-bond donors (Lipinski definition) is 2. The number of phenols is 1. The van der Waals surface area contributed by atoms with Gasteiger partial charge in [-0.25, -0.2) is 0 Å². The SMILES string of the molecule is O=Cc1ccc(NCCc2ccccc2)cc1O. The minimum atomic E-state index is 0.00899. The van der Waals surface area contributed by atoms with Crippen LogP contribution in [0.2, 0.25) is 0 Å². The van der Waals surface area contributed by atoms with Gasteiger partial charge in [-0.1, -0.05) is 30.3 Å². The molecule has 0 unspecified atom stereocenters. The molecule has 0 aliphatic heterocycles. The zero-order valence-corrected chi connectivity index (χ0v) is 9.97. The number of carbonyl (C=O) groups excluding carboxylic acids is 1. The maximum Gasteiger partial charge on any atom is 0.153 e. The summed E-state index contributed by atoms with van der Waals surface area (Å²) in [7, 11) is 0. The third kappa shape index (κ3) is 3.10. The summed E-state index contributed by atoms with van der Waals surface area (Å²) in [6, 6.07) is 15.1. The van der Waals surface area contributed by atoms with Gasteiger partial charge in [0, 0.05) is 18.3 Å².